The molecule has 0 heterocycles. The second-order valence-electron chi connectivity index (χ2n) is 3.02. The Morgan fingerprint density at radius 2 is 1.93 bits per heavy atom. The molecule has 0 fully saturated rings. The molecule has 0 aromatic heterocycles. The molecular formula is C9H14Cl2O3. The Bertz CT molecular complexity index is 204. The number of carbonyl (C=O) groups is 2. The maximum Gasteiger partial charge on any atom is 0.306 e. The molecule has 0 amide bonds. The Morgan fingerprint density at radius 1 is 1.36 bits per heavy atom. The molecule has 0 radical (unpaired) electrons. The van der Waals surface area contributed by atoms with Crippen LogP contribution in [0.15, 0.2) is 0 Å². The fourth-order valence-electron chi connectivity index (χ4n) is 0.897. The van der Waals surface area contributed by atoms with Gasteiger partial charge in [0.1, 0.15) is 16.7 Å². The van der Waals surface area contributed by atoms with Gasteiger partial charge in [-0.15, -0.1) is 23.2 Å². The SMILES string of the molecule is CCCC(=O)OC(CC(C)=O)C(Cl)Cl. The van der Waals surface area contributed by atoms with Gasteiger partial charge in [0.05, 0.1) is 0 Å². The normalized spacial score (nSPS) is 12.6. The summed E-state index contributed by atoms with van der Waals surface area (Å²) in [4.78, 5) is 21.0. The second-order valence-corrected chi connectivity index (χ2v) is 4.18. The van der Waals surface area contributed by atoms with Crippen LogP contribution in [-0.2, 0) is 14.3 Å². The van der Waals surface area contributed by atoms with Gasteiger partial charge in [0, 0.05) is 12.8 Å². The molecule has 0 bridgehead atoms. The van der Waals surface area contributed by atoms with Crippen LogP contribution in [0, 0.1) is 0 Å². The van der Waals surface area contributed by atoms with E-state index in [2.05, 4.69) is 0 Å². The second kappa shape index (κ2) is 7.07. The highest BCUT2D eigenvalue weighted by atomic mass is 35.5. The Kier molecular flexibility index (Phi) is 6.93. The molecule has 1 unspecified atom stereocenters. The van der Waals surface area contributed by atoms with Crippen LogP contribution in [0.1, 0.15) is 33.1 Å². The third-order valence-electron chi connectivity index (χ3n) is 1.51. The molecule has 0 aliphatic carbocycles. The number of Topliss-reactive ketones (excluding diaryl/α,β-unsaturated/α-hetero) is 1. The Morgan fingerprint density at radius 3 is 2.29 bits per heavy atom. The van der Waals surface area contributed by atoms with Crippen molar-refractivity contribution in [2.45, 2.75) is 44.1 Å². The van der Waals surface area contributed by atoms with Crippen LogP contribution in [0.5, 0.6) is 0 Å². The van der Waals surface area contributed by atoms with Crippen molar-refractivity contribution in [1.29, 1.82) is 0 Å². The van der Waals surface area contributed by atoms with Gasteiger partial charge >= 0.3 is 5.97 Å². The van der Waals surface area contributed by atoms with Crippen molar-refractivity contribution in [3.05, 3.63) is 0 Å². The Balaban J connectivity index is 4.09. The fourth-order valence-corrected chi connectivity index (χ4v) is 1.18. The van der Waals surface area contributed by atoms with Gasteiger partial charge in [0.15, 0.2) is 0 Å². The van der Waals surface area contributed by atoms with Gasteiger partial charge in [0.25, 0.3) is 0 Å². The van der Waals surface area contributed by atoms with Crippen molar-refractivity contribution in [3.63, 3.8) is 0 Å². The van der Waals surface area contributed by atoms with Gasteiger partial charge in [0.2, 0.25) is 0 Å². The summed E-state index contributed by atoms with van der Waals surface area (Å²) in [6.07, 6.45) is 0.345. The number of hydrogen-bond acceptors (Lipinski definition) is 3. The predicted octanol–water partition coefficient (Wildman–Crippen LogP) is 2.48. The van der Waals surface area contributed by atoms with Gasteiger partial charge in [-0.1, -0.05) is 6.92 Å². The first-order chi connectivity index (χ1) is 6.47. The maximum atomic E-state index is 11.1. The zero-order chi connectivity index (χ0) is 11.1. The van der Waals surface area contributed by atoms with Crippen LogP contribution >= 0.6 is 23.2 Å². The first-order valence-electron chi connectivity index (χ1n) is 4.44. The molecule has 3 nitrogen and oxygen atoms in total. The largest absolute Gasteiger partial charge is 0.459 e. The lowest BCUT2D eigenvalue weighted by Crippen LogP contribution is -2.26. The van der Waals surface area contributed by atoms with Crippen LogP contribution in [0.4, 0.5) is 0 Å². The highest BCUT2D eigenvalue weighted by molar-refractivity contribution is 6.44. The van der Waals surface area contributed by atoms with Crippen molar-refractivity contribution < 1.29 is 14.3 Å². The van der Waals surface area contributed by atoms with Crippen LogP contribution in [0.3, 0.4) is 0 Å². The summed E-state index contributed by atoms with van der Waals surface area (Å²) >= 11 is 11.1. The summed E-state index contributed by atoms with van der Waals surface area (Å²) in [6, 6.07) is 0. The average Bonchev–Trinajstić information content (AvgIpc) is 2.02. The molecule has 1 atom stereocenters. The van der Waals surface area contributed by atoms with Gasteiger partial charge < -0.3 is 4.74 Å². The molecule has 0 aromatic carbocycles. The molecular weight excluding hydrogens is 227 g/mol. The van der Waals surface area contributed by atoms with E-state index in [0.29, 0.717) is 12.8 Å². The lowest BCUT2D eigenvalue weighted by Gasteiger charge is -2.17. The number of halogens is 2. The standard InChI is InChI=1S/C9H14Cl2O3/c1-3-4-8(13)14-7(9(10)11)5-6(2)12/h7,9H,3-5H2,1-2H3. The number of hydrogen-bond donors (Lipinski definition) is 0. The summed E-state index contributed by atoms with van der Waals surface area (Å²) in [7, 11) is 0. The van der Waals surface area contributed by atoms with Crippen molar-refractivity contribution in [1.82, 2.24) is 0 Å². The zero-order valence-corrected chi connectivity index (χ0v) is 9.77. The summed E-state index contributed by atoms with van der Waals surface area (Å²) in [5, 5.41) is 0. The lowest BCUT2D eigenvalue weighted by molar-refractivity contribution is -0.149. The molecule has 0 saturated carbocycles. The minimum atomic E-state index is -0.861. The van der Waals surface area contributed by atoms with Crippen molar-refractivity contribution >= 4 is 35.0 Å². The average molecular weight is 241 g/mol. The number of carbonyl (C=O) groups excluding carboxylic acids is 2. The van der Waals surface area contributed by atoms with E-state index in [9.17, 15) is 9.59 Å². The van der Waals surface area contributed by atoms with E-state index >= 15 is 0 Å². The molecule has 5 heteroatoms. The topological polar surface area (TPSA) is 43.4 Å². The van der Waals surface area contributed by atoms with E-state index in [1.807, 2.05) is 6.92 Å². The first kappa shape index (κ1) is 13.7. The number of rotatable bonds is 6. The third-order valence-corrected chi connectivity index (χ3v) is 2.07. The van der Waals surface area contributed by atoms with Gasteiger partial charge in [-0.2, -0.15) is 0 Å². The molecule has 0 aliphatic heterocycles. The summed E-state index contributed by atoms with van der Waals surface area (Å²) in [5.74, 6) is -0.476. The number of esters is 1. The van der Waals surface area contributed by atoms with E-state index in [4.69, 9.17) is 27.9 Å². The minimum absolute atomic E-state index is 0.0626. The van der Waals surface area contributed by atoms with Gasteiger partial charge in [-0.05, 0) is 13.3 Å². The number of ketones is 1. The molecule has 0 saturated heterocycles. The summed E-state index contributed by atoms with van der Waals surface area (Å²) < 4.78 is 4.94. The lowest BCUT2D eigenvalue weighted by atomic mass is 10.2. The van der Waals surface area contributed by atoms with Crippen LogP contribution in [0.2, 0.25) is 0 Å². The molecule has 0 aliphatic rings. The highest BCUT2D eigenvalue weighted by Gasteiger charge is 2.22. The van der Waals surface area contributed by atoms with Crippen molar-refractivity contribution in [2.24, 2.45) is 0 Å². The van der Waals surface area contributed by atoms with Crippen LogP contribution < -0.4 is 0 Å². The zero-order valence-electron chi connectivity index (χ0n) is 8.26. The minimum Gasteiger partial charge on any atom is -0.459 e. The van der Waals surface area contributed by atoms with E-state index in [1.165, 1.54) is 6.92 Å². The number of ether oxygens (including phenoxy) is 1. The predicted molar refractivity (Wildman–Crippen MR) is 55.6 cm³/mol. The first-order valence-corrected chi connectivity index (χ1v) is 5.31. The van der Waals surface area contributed by atoms with E-state index in [-0.39, 0.29) is 18.2 Å². The van der Waals surface area contributed by atoms with E-state index in [0.717, 1.165) is 0 Å². The number of alkyl halides is 2. The monoisotopic (exact) mass is 240 g/mol. The Labute approximate surface area is 93.7 Å². The maximum absolute atomic E-state index is 11.1. The summed E-state index contributed by atoms with van der Waals surface area (Å²) in [6.45, 7) is 3.26. The van der Waals surface area contributed by atoms with E-state index in [1.54, 1.807) is 0 Å². The quantitative estimate of drug-likeness (QED) is 0.530. The molecule has 0 aromatic rings. The highest BCUT2D eigenvalue weighted by Crippen LogP contribution is 2.16. The van der Waals surface area contributed by atoms with Gasteiger partial charge in [-0.25, -0.2) is 0 Å². The molecule has 14 heavy (non-hydrogen) atoms. The van der Waals surface area contributed by atoms with Crippen molar-refractivity contribution in [2.75, 3.05) is 0 Å². The van der Waals surface area contributed by atoms with Crippen molar-refractivity contribution in [3.8, 4) is 0 Å². The molecule has 0 rings (SSSR count). The Hall–Kier alpha value is -0.280. The van der Waals surface area contributed by atoms with Crippen LogP contribution in [0.25, 0.3) is 0 Å². The smallest absolute Gasteiger partial charge is 0.306 e. The molecule has 0 N–H and O–H groups in total. The third kappa shape index (κ3) is 6.22. The molecule has 0 spiro atoms. The fraction of sp³-hybridized carbons (Fsp3) is 0.778. The van der Waals surface area contributed by atoms with Crippen LogP contribution in [-0.4, -0.2) is 22.7 Å². The van der Waals surface area contributed by atoms with E-state index < -0.39 is 10.9 Å². The van der Waals surface area contributed by atoms with Gasteiger partial charge in [-0.3, -0.25) is 9.59 Å². The summed E-state index contributed by atoms with van der Waals surface area (Å²) in [5.41, 5.74) is 0. The molecule has 82 valence electrons.